The number of halogens is 2. The zero-order valence-electron chi connectivity index (χ0n) is 11.1. The number of pyridine rings is 1. The van der Waals surface area contributed by atoms with E-state index in [2.05, 4.69) is 32.9 Å². The second-order valence-electron chi connectivity index (χ2n) is 5.03. The molecule has 0 unspecified atom stereocenters. The predicted molar refractivity (Wildman–Crippen MR) is 87.4 cm³/mol. The lowest BCUT2D eigenvalue weighted by Crippen LogP contribution is -2.40. The molecule has 2 N–H and O–H groups in total. The predicted octanol–water partition coefficient (Wildman–Crippen LogP) is 3.67. The molecule has 1 saturated carbocycles. The van der Waals surface area contributed by atoms with Crippen molar-refractivity contribution in [2.75, 3.05) is 12.4 Å². The molecule has 0 atom stereocenters. The molecule has 7 heteroatoms. The summed E-state index contributed by atoms with van der Waals surface area (Å²) in [5.41, 5.74) is 0. The topological polar surface area (TPSA) is 65.5 Å². The van der Waals surface area contributed by atoms with Gasteiger partial charge in [-0.05, 0) is 54.3 Å². The largest absolute Gasteiger partial charge is 0.465 e. The van der Waals surface area contributed by atoms with Gasteiger partial charge in [-0.1, -0.05) is 11.6 Å². The van der Waals surface area contributed by atoms with E-state index in [9.17, 15) is 4.79 Å². The molecule has 0 spiro atoms. The van der Waals surface area contributed by atoms with E-state index in [0.717, 1.165) is 35.1 Å². The first-order valence-corrected chi connectivity index (χ1v) is 7.96. The van der Waals surface area contributed by atoms with Crippen molar-refractivity contribution in [3.63, 3.8) is 0 Å². The van der Waals surface area contributed by atoms with Crippen LogP contribution in [0, 0.1) is 3.57 Å². The Kier molecular flexibility index (Phi) is 5.31. The van der Waals surface area contributed by atoms with Gasteiger partial charge in [-0.2, -0.15) is 0 Å². The number of hydrogen-bond acceptors (Lipinski definition) is 3. The highest BCUT2D eigenvalue weighted by Gasteiger charge is 2.26. The van der Waals surface area contributed by atoms with Crippen LogP contribution in [-0.2, 0) is 0 Å². The summed E-state index contributed by atoms with van der Waals surface area (Å²) in [7, 11) is 1.64. The lowest BCUT2D eigenvalue weighted by molar-refractivity contribution is 0.125. The summed E-state index contributed by atoms with van der Waals surface area (Å²) < 4.78 is 0.973. The summed E-state index contributed by atoms with van der Waals surface area (Å²) >= 11 is 8.13. The number of carbonyl (C=O) groups is 1. The van der Waals surface area contributed by atoms with Crippen molar-refractivity contribution in [1.29, 1.82) is 0 Å². The van der Waals surface area contributed by atoms with Crippen molar-refractivity contribution in [1.82, 2.24) is 9.88 Å². The van der Waals surface area contributed by atoms with Gasteiger partial charge in [0, 0.05) is 28.9 Å². The molecule has 1 aromatic rings. The fourth-order valence-corrected chi connectivity index (χ4v) is 3.00. The molecule has 1 fully saturated rings. The molecule has 1 heterocycles. The fraction of sp³-hybridized carbons (Fsp3) is 0.538. The number of nitrogens with one attached hydrogen (secondary N) is 1. The summed E-state index contributed by atoms with van der Waals surface area (Å²) in [5.74, 6) is 0.828. The summed E-state index contributed by atoms with van der Waals surface area (Å²) in [6.07, 6.45) is 4.45. The van der Waals surface area contributed by atoms with Crippen molar-refractivity contribution in [2.45, 2.75) is 37.8 Å². The van der Waals surface area contributed by atoms with E-state index in [1.54, 1.807) is 13.2 Å². The number of aromatic nitrogens is 1. The Morgan fingerprint density at radius 1 is 1.50 bits per heavy atom. The standard InChI is InChI=1S/C13H17ClIN3O2/c1-18(13(19)20)9-4-2-8(3-5-9)17-12-6-11(15)10(14)7-16-12/h6-9H,2-5H2,1H3,(H,16,17)(H,19,20). The number of hydrogen-bond donors (Lipinski definition) is 2. The zero-order valence-corrected chi connectivity index (χ0v) is 14.1. The first-order valence-electron chi connectivity index (χ1n) is 6.50. The Balaban J connectivity index is 1.88. The van der Waals surface area contributed by atoms with E-state index in [0.29, 0.717) is 11.1 Å². The van der Waals surface area contributed by atoms with Crippen LogP contribution in [0.1, 0.15) is 25.7 Å². The van der Waals surface area contributed by atoms with Crippen molar-refractivity contribution >= 4 is 46.1 Å². The Morgan fingerprint density at radius 3 is 2.70 bits per heavy atom. The molecular weight excluding hydrogens is 393 g/mol. The molecule has 0 saturated heterocycles. The Morgan fingerprint density at radius 2 is 2.15 bits per heavy atom. The normalized spacial score (nSPS) is 22.4. The number of rotatable bonds is 3. The monoisotopic (exact) mass is 409 g/mol. The van der Waals surface area contributed by atoms with Gasteiger partial charge in [-0.3, -0.25) is 0 Å². The van der Waals surface area contributed by atoms with E-state index in [1.165, 1.54) is 4.90 Å². The average Bonchev–Trinajstić information content (AvgIpc) is 2.43. The van der Waals surface area contributed by atoms with Crippen LogP contribution in [0.5, 0.6) is 0 Å². The van der Waals surface area contributed by atoms with Gasteiger partial charge in [0.25, 0.3) is 0 Å². The van der Waals surface area contributed by atoms with Gasteiger partial charge >= 0.3 is 6.09 Å². The molecule has 0 bridgehead atoms. The number of nitrogens with zero attached hydrogens (tertiary/aromatic N) is 2. The quantitative estimate of drug-likeness (QED) is 0.748. The minimum Gasteiger partial charge on any atom is -0.465 e. The van der Waals surface area contributed by atoms with Gasteiger partial charge in [0.2, 0.25) is 0 Å². The van der Waals surface area contributed by atoms with E-state index in [4.69, 9.17) is 16.7 Å². The average molecular weight is 410 g/mol. The minimum absolute atomic E-state index is 0.129. The van der Waals surface area contributed by atoms with E-state index in [-0.39, 0.29) is 6.04 Å². The van der Waals surface area contributed by atoms with Crippen LogP contribution >= 0.6 is 34.2 Å². The maximum absolute atomic E-state index is 10.9. The zero-order chi connectivity index (χ0) is 14.7. The molecule has 1 amide bonds. The van der Waals surface area contributed by atoms with Gasteiger partial charge in [0.15, 0.2) is 0 Å². The third-order valence-electron chi connectivity index (χ3n) is 3.71. The maximum atomic E-state index is 10.9. The summed E-state index contributed by atoms with van der Waals surface area (Å²) in [5, 5.41) is 13.0. The summed E-state index contributed by atoms with van der Waals surface area (Å²) in [6.45, 7) is 0. The molecule has 5 nitrogen and oxygen atoms in total. The third-order valence-corrected chi connectivity index (χ3v) is 5.22. The van der Waals surface area contributed by atoms with Gasteiger partial charge in [0.1, 0.15) is 5.82 Å². The van der Waals surface area contributed by atoms with Crippen molar-refractivity contribution < 1.29 is 9.90 Å². The molecule has 0 aromatic carbocycles. The van der Waals surface area contributed by atoms with Crippen LogP contribution in [0.2, 0.25) is 5.02 Å². The Labute approximate surface area is 136 Å². The van der Waals surface area contributed by atoms with E-state index in [1.807, 2.05) is 6.07 Å². The van der Waals surface area contributed by atoms with Crippen molar-refractivity contribution in [3.05, 3.63) is 20.9 Å². The third kappa shape index (κ3) is 3.88. The lowest BCUT2D eigenvalue weighted by Gasteiger charge is -2.33. The molecule has 1 aliphatic carbocycles. The smallest absolute Gasteiger partial charge is 0.407 e. The van der Waals surface area contributed by atoms with Gasteiger partial charge in [-0.15, -0.1) is 0 Å². The van der Waals surface area contributed by atoms with Gasteiger partial charge in [0.05, 0.1) is 5.02 Å². The molecule has 1 aliphatic rings. The molecule has 0 aliphatic heterocycles. The van der Waals surface area contributed by atoms with E-state index < -0.39 is 6.09 Å². The number of carboxylic acid groups (broad SMARTS) is 1. The van der Waals surface area contributed by atoms with E-state index >= 15 is 0 Å². The maximum Gasteiger partial charge on any atom is 0.407 e. The van der Waals surface area contributed by atoms with Crippen molar-refractivity contribution in [3.8, 4) is 0 Å². The first kappa shape index (κ1) is 15.6. The van der Waals surface area contributed by atoms with Crippen LogP contribution in [0.15, 0.2) is 12.3 Å². The first-order chi connectivity index (χ1) is 9.47. The Bertz CT molecular complexity index is 493. The second kappa shape index (κ2) is 6.80. The molecule has 1 aromatic heterocycles. The molecular formula is C13H17ClIN3O2. The Hall–Kier alpha value is -0.760. The molecule has 0 radical (unpaired) electrons. The van der Waals surface area contributed by atoms with Gasteiger partial charge < -0.3 is 15.3 Å². The molecule has 20 heavy (non-hydrogen) atoms. The highest BCUT2D eigenvalue weighted by atomic mass is 127. The summed E-state index contributed by atoms with van der Waals surface area (Å²) in [6, 6.07) is 2.40. The van der Waals surface area contributed by atoms with Crippen LogP contribution in [-0.4, -0.2) is 40.2 Å². The van der Waals surface area contributed by atoms with Crippen LogP contribution in [0.4, 0.5) is 10.6 Å². The summed E-state index contributed by atoms with van der Waals surface area (Å²) in [4.78, 5) is 16.6. The van der Waals surface area contributed by atoms with Crippen molar-refractivity contribution in [2.24, 2.45) is 0 Å². The minimum atomic E-state index is -0.852. The second-order valence-corrected chi connectivity index (χ2v) is 6.60. The highest BCUT2D eigenvalue weighted by Crippen LogP contribution is 2.26. The van der Waals surface area contributed by atoms with Crippen LogP contribution in [0.25, 0.3) is 0 Å². The number of amides is 1. The lowest BCUT2D eigenvalue weighted by atomic mass is 9.90. The number of anilines is 1. The fourth-order valence-electron chi connectivity index (χ4n) is 2.47. The molecule has 2 rings (SSSR count). The van der Waals surface area contributed by atoms with Crippen LogP contribution < -0.4 is 5.32 Å². The SMILES string of the molecule is CN(C(=O)O)C1CCC(Nc2cc(I)c(Cl)cn2)CC1. The highest BCUT2D eigenvalue weighted by molar-refractivity contribution is 14.1. The van der Waals surface area contributed by atoms with Crippen LogP contribution in [0.3, 0.4) is 0 Å². The van der Waals surface area contributed by atoms with Gasteiger partial charge in [-0.25, -0.2) is 9.78 Å². The molecule has 110 valence electrons.